The molecular formula is C21H34IN7. The SMILES string of the molecule is CN=C(NCc1ccc(-n2nc(C)cc2C)nc1)NC1CCN(C(C)C)CC1.I. The first-order valence-corrected chi connectivity index (χ1v) is 10.2. The van der Waals surface area contributed by atoms with E-state index in [1.807, 2.05) is 37.8 Å². The Morgan fingerprint density at radius 1 is 1.24 bits per heavy atom. The number of pyridine rings is 1. The molecule has 160 valence electrons. The van der Waals surface area contributed by atoms with Crippen molar-refractivity contribution >= 4 is 29.9 Å². The summed E-state index contributed by atoms with van der Waals surface area (Å²) in [5.74, 6) is 1.69. The summed E-state index contributed by atoms with van der Waals surface area (Å²) in [4.78, 5) is 11.5. The van der Waals surface area contributed by atoms with Gasteiger partial charge >= 0.3 is 0 Å². The lowest BCUT2D eigenvalue weighted by atomic mass is 10.0. The van der Waals surface area contributed by atoms with Gasteiger partial charge in [0.15, 0.2) is 11.8 Å². The lowest BCUT2D eigenvalue weighted by molar-refractivity contribution is 0.167. The number of guanidine groups is 1. The van der Waals surface area contributed by atoms with Gasteiger partial charge in [0.25, 0.3) is 0 Å². The van der Waals surface area contributed by atoms with Gasteiger partial charge in [-0.25, -0.2) is 9.67 Å². The van der Waals surface area contributed by atoms with Gasteiger partial charge < -0.3 is 15.5 Å². The Morgan fingerprint density at radius 2 is 1.97 bits per heavy atom. The zero-order valence-corrected chi connectivity index (χ0v) is 20.5. The Hall–Kier alpha value is -1.68. The van der Waals surface area contributed by atoms with Gasteiger partial charge in [-0.2, -0.15) is 5.10 Å². The van der Waals surface area contributed by atoms with Crippen LogP contribution in [0.5, 0.6) is 0 Å². The van der Waals surface area contributed by atoms with Crippen molar-refractivity contribution in [3.63, 3.8) is 0 Å². The summed E-state index contributed by atoms with van der Waals surface area (Å²) in [5.41, 5.74) is 3.20. The van der Waals surface area contributed by atoms with Crippen molar-refractivity contribution in [3.8, 4) is 5.82 Å². The van der Waals surface area contributed by atoms with Crippen molar-refractivity contribution in [2.45, 2.75) is 59.2 Å². The van der Waals surface area contributed by atoms with Gasteiger partial charge in [-0.05, 0) is 58.2 Å². The molecule has 2 aromatic rings. The van der Waals surface area contributed by atoms with E-state index in [2.05, 4.69) is 56.6 Å². The smallest absolute Gasteiger partial charge is 0.191 e. The summed E-state index contributed by atoms with van der Waals surface area (Å²) >= 11 is 0. The van der Waals surface area contributed by atoms with Crippen molar-refractivity contribution in [2.75, 3.05) is 20.1 Å². The Morgan fingerprint density at radius 3 is 2.48 bits per heavy atom. The van der Waals surface area contributed by atoms with Gasteiger partial charge in [-0.3, -0.25) is 4.99 Å². The van der Waals surface area contributed by atoms with Crippen LogP contribution in [0.2, 0.25) is 0 Å². The third kappa shape index (κ3) is 6.40. The lowest BCUT2D eigenvalue weighted by Crippen LogP contribution is -2.49. The van der Waals surface area contributed by atoms with Crippen molar-refractivity contribution < 1.29 is 0 Å². The monoisotopic (exact) mass is 511 g/mol. The van der Waals surface area contributed by atoms with E-state index in [1.54, 1.807) is 0 Å². The third-order valence-corrected chi connectivity index (χ3v) is 5.32. The van der Waals surface area contributed by atoms with Gasteiger partial charge in [0, 0.05) is 50.7 Å². The first-order valence-electron chi connectivity index (χ1n) is 10.2. The highest BCUT2D eigenvalue weighted by atomic mass is 127. The first-order chi connectivity index (χ1) is 13.5. The number of piperidine rings is 1. The lowest BCUT2D eigenvalue weighted by Gasteiger charge is -2.35. The van der Waals surface area contributed by atoms with Crippen molar-refractivity contribution in [1.29, 1.82) is 0 Å². The molecule has 0 spiro atoms. The summed E-state index contributed by atoms with van der Waals surface area (Å²) in [6, 6.07) is 7.25. The van der Waals surface area contributed by atoms with E-state index in [-0.39, 0.29) is 24.0 Å². The second-order valence-electron chi connectivity index (χ2n) is 7.84. The van der Waals surface area contributed by atoms with E-state index < -0.39 is 0 Å². The van der Waals surface area contributed by atoms with Crippen LogP contribution in [0.4, 0.5) is 0 Å². The van der Waals surface area contributed by atoms with E-state index in [0.29, 0.717) is 18.6 Å². The predicted octanol–water partition coefficient (Wildman–Crippen LogP) is 3.04. The number of halogens is 1. The molecule has 2 N–H and O–H groups in total. The van der Waals surface area contributed by atoms with E-state index >= 15 is 0 Å². The van der Waals surface area contributed by atoms with Crippen LogP contribution < -0.4 is 10.6 Å². The van der Waals surface area contributed by atoms with Crippen molar-refractivity contribution in [1.82, 2.24) is 30.3 Å². The number of rotatable bonds is 5. The second-order valence-corrected chi connectivity index (χ2v) is 7.84. The number of nitrogens with one attached hydrogen (secondary N) is 2. The average molecular weight is 511 g/mol. The number of nitrogens with zero attached hydrogens (tertiary/aromatic N) is 5. The van der Waals surface area contributed by atoms with Gasteiger partial charge in [-0.15, -0.1) is 24.0 Å². The highest BCUT2D eigenvalue weighted by Gasteiger charge is 2.21. The largest absolute Gasteiger partial charge is 0.354 e. The Balaban J connectivity index is 0.00000300. The van der Waals surface area contributed by atoms with Crippen LogP contribution in [0.3, 0.4) is 0 Å². The number of likely N-dealkylation sites (tertiary alicyclic amines) is 1. The molecule has 7 nitrogen and oxygen atoms in total. The molecule has 0 aromatic carbocycles. The minimum atomic E-state index is 0. The molecule has 3 rings (SSSR count). The van der Waals surface area contributed by atoms with Gasteiger partial charge in [0.05, 0.1) is 5.69 Å². The normalized spacial score (nSPS) is 16.0. The highest BCUT2D eigenvalue weighted by molar-refractivity contribution is 14.0. The maximum atomic E-state index is 4.56. The molecule has 1 aliphatic heterocycles. The van der Waals surface area contributed by atoms with Crippen LogP contribution in [0, 0.1) is 13.8 Å². The fourth-order valence-electron chi connectivity index (χ4n) is 3.64. The number of aryl methyl sites for hydroxylation is 2. The van der Waals surface area contributed by atoms with Crippen LogP contribution in [0.1, 0.15) is 43.6 Å². The zero-order valence-electron chi connectivity index (χ0n) is 18.1. The minimum Gasteiger partial charge on any atom is -0.354 e. The number of aromatic nitrogens is 3. The zero-order chi connectivity index (χ0) is 20.1. The minimum absolute atomic E-state index is 0. The van der Waals surface area contributed by atoms with E-state index in [1.165, 1.54) is 0 Å². The average Bonchev–Trinajstić information content (AvgIpc) is 3.04. The highest BCUT2D eigenvalue weighted by Crippen LogP contribution is 2.13. The van der Waals surface area contributed by atoms with Gasteiger partial charge in [0.2, 0.25) is 0 Å². The summed E-state index contributed by atoms with van der Waals surface area (Å²) in [7, 11) is 1.82. The molecule has 0 unspecified atom stereocenters. The topological polar surface area (TPSA) is 70.4 Å². The molecule has 0 bridgehead atoms. The van der Waals surface area contributed by atoms with Crippen molar-refractivity contribution in [3.05, 3.63) is 41.3 Å². The standard InChI is InChI=1S/C21H33N7.HI/c1-15(2)27-10-8-19(9-11-27)25-21(22-5)24-14-18-6-7-20(23-13-18)28-17(4)12-16(3)26-28;/h6-7,12-13,15,19H,8-11,14H2,1-5H3,(H2,22,24,25);1H. The fraction of sp³-hybridized carbons (Fsp3) is 0.571. The third-order valence-electron chi connectivity index (χ3n) is 5.32. The molecule has 1 saturated heterocycles. The molecule has 0 atom stereocenters. The molecule has 29 heavy (non-hydrogen) atoms. The molecule has 0 aliphatic carbocycles. The fourth-order valence-corrected chi connectivity index (χ4v) is 3.64. The summed E-state index contributed by atoms with van der Waals surface area (Å²) in [5, 5.41) is 11.4. The first kappa shape index (κ1) is 23.6. The Labute approximate surface area is 191 Å². The molecular weight excluding hydrogens is 477 g/mol. The molecule has 1 fully saturated rings. The van der Waals surface area contributed by atoms with E-state index in [4.69, 9.17) is 0 Å². The molecule has 3 heterocycles. The molecule has 2 aromatic heterocycles. The van der Waals surface area contributed by atoms with Crippen LogP contribution in [-0.2, 0) is 6.54 Å². The maximum Gasteiger partial charge on any atom is 0.191 e. The maximum absolute atomic E-state index is 4.56. The second kappa shape index (κ2) is 10.9. The molecule has 0 saturated carbocycles. The molecule has 8 heteroatoms. The van der Waals surface area contributed by atoms with Gasteiger partial charge in [0.1, 0.15) is 0 Å². The quantitative estimate of drug-likeness (QED) is 0.367. The van der Waals surface area contributed by atoms with Crippen LogP contribution in [0.25, 0.3) is 5.82 Å². The number of aliphatic imine (C=N–C) groups is 1. The Kier molecular flexibility index (Phi) is 8.88. The van der Waals surface area contributed by atoms with Crippen LogP contribution >= 0.6 is 24.0 Å². The summed E-state index contributed by atoms with van der Waals surface area (Å²) in [6.45, 7) is 11.5. The molecule has 1 aliphatic rings. The van der Waals surface area contributed by atoms with Crippen molar-refractivity contribution in [2.24, 2.45) is 4.99 Å². The van der Waals surface area contributed by atoms with E-state index in [9.17, 15) is 0 Å². The number of hydrogen-bond acceptors (Lipinski definition) is 4. The van der Waals surface area contributed by atoms with E-state index in [0.717, 1.165) is 54.7 Å². The summed E-state index contributed by atoms with van der Waals surface area (Å²) < 4.78 is 1.87. The molecule has 0 radical (unpaired) electrons. The van der Waals surface area contributed by atoms with Gasteiger partial charge in [-0.1, -0.05) is 6.07 Å². The Bertz CT molecular complexity index is 790. The van der Waals surface area contributed by atoms with Crippen LogP contribution in [0.15, 0.2) is 29.4 Å². The summed E-state index contributed by atoms with van der Waals surface area (Å²) in [6.07, 6.45) is 4.20. The van der Waals surface area contributed by atoms with Crippen LogP contribution in [-0.4, -0.2) is 57.8 Å². The molecule has 0 amide bonds. The number of hydrogen-bond donors (Lipinski definition) is 2. The predicted molar refractivity (Wildman–Crippen MR) is 129 cm³/mol.